The number of carbonyl (C=O) groups is 1. The second kappa shape index (κ2) is 7.18. The van der Waals surface area contributed by atoms with Crippen LogP contribution in [0.1, 0.15) is 41.6 Å². The molecular formula is C20H21ClN2O. The van der Waals surface area contributed by atoms with Crippen molar-refractivity contribution in [3.63, 3.8) is 0 Å². The third kappa shape index (κ3) is 3.51. The molecule has 0 radical (unpaired) electrons. The van der Waals surface area contributed by atoms with Crippen molar-refractivity contribution in [2.75, 3.05) is 14.1 Å². The highest BCUT2D eigenvalue weighted by Gasteiger charge is 2.14. The molecule has 0 fully saturated rings. The minimum Gasteiger partial charge on any atom is -0.345 e. The van der Waals surface area contributed by atoms with E-state index in [4.69, 9.17) is 11.6 Å². The Labute approximate surface area is 148 Å². The quantitative estimate of drug-likeness (QED) is 0.782. The van der Waals surface area contributed by atoms with E-state index in [0.29, 0.717) is 10.6 Å². The highest BCUT2D eigenvalue weighted by atomic mass is 35.5. The van der Waals surface area contributed by atoms with Crippen molar-refractivity contribution in [1.29, 1.82) is 0 Å². The predicted octanol–water partition coefficient (Wildman–Crippen LogP) is 5.06. The molecule has 1 aromatic carbocycles. The van der Waals surface area contributed by atoms with Gasteiger partial charge in [0.15, 0.2) is 0 Å². The number of allylic oxidation sites excluding steroid dienone is 2. The molecule has 0 aliphatic heterocycles. The number of amides is 1. The van der Waals surface area contributed by atoms with E-state index in [1.165, 1.54) is 28.9 Å². The van der Waals surface area contributed by atoms with Crippen LogP contribution in [0.25, 0.3) is 16.8 Å². The number of benzene rings is 1. The average Bonchev–Trinajstić information content (AvgIpc) is 2.62. The van der Waals surface area contributed by atoms with E-state index >= 15 is 0 Å². The Morgan fingerprint density at radius 2 is 1.96 bits per heavy atom. The molecule has 0 saturated carbocycles. The van der Waals surface area contributed by atoms with Gasteiger partial charge in [-0.05, 0) is 61.1 Å². The molecule has 0 atom stereocenters. The normalized spacial score (nSPS) is 14.2. The maximum Gasteiger partial charge on any atom is 0.254 e. The molecule has 1 heterocycles. The van der Waals surface area contributed by atoms with E-state index in [0.717, 1.165) is 24.1 Å². The molecule has 0 unspecified atom stereocenters. The number of pyridine rings is 1. The standard InChI is InChI=1S/C20H21ClN2O/c1-23(2)20(24)17-9-8-16(12-18(17)21)19-13-15(10-11-22-19)14-6-4-3-5-7-14/h6,8-13H,3-5,7H2,1-2H3. The van der Waals surface area contributed by atoms with Crippen molar-refractivity contribution in [3.8, 4) is 11.3 Å². The first-order chi connectivity index (χ1) is 11.6. The summed E-state index contributed by atoms with van der Waals surface area (Å²) in [6.07, 6.45) is 8.97. The van der Waals surface area contributed by atoms with Crippen molar-refractivity contribution in [2.24, 2.45) is 0 Å². The fraction of sp³-hybridized carbons (Fsp3) is 0.300. The first-order valence-corrected chi connectivity index (χ1v) is 8.61. The molecule has 124 valence electrons. The van der Waals surface area contributed by atoms with Crippen LogP contribution in [0, 0.1) is 0 Å². The van der Waals surface area contributed by atoms with E-state index in [2.05, 4.69) is 23.2 Å². The van der Waals surface area contributed by atoms with E-state index in [1.807, 2.05) is 18.3 Å². The van der Waals surface area contributed by atoms with Crippen LogP contribution in [-0.2, 0) is 0 Å². The lowest BCUT2D eigenvalue weighted by atomic mass is 9.93. The second-order valence-electron chi connectivity index (χ2n) is 6.30. The first kappa shape index (κ1) is 16.7. The van der Waals surface area contributed by atoms with Gasteiger partial charge in [-0.3, -0.25) is 9.78 Å². The zero-order valence-corrected chi connectivity index (χ0v) is 14.8. The Bertz CT molecular complexity index is 796. The van der Waals surface area contributed by atoms with Crippen LogP contribution in [-0.4, -0.2) is 29.9 Å². The Morgan fingerprint density at radius 3 is 2.62 bits per heavy atom. The van der Waals surface area contributed by atoms with Crippen LogP contribution in [0.4, 0.5) is 0 Å². The van der Waals surface area contributed by atoms with Gasteiger partial charge in [-0.1, -0.05) is 23.7 Å². The molecule has 0 spiro atoms. The lowest BCUT2D eigenvalue weighted by molar-refractivity contribution is 0.0828. The molecule has 4 heteroatoms. The largest absolute Gasteiger partial charge is 0.345 e. The van der Waals surface area contributed by atoms with Crippen LogP contribution in [0.15, 0.2) is 42.6 Å². The van der Waals surface area contributed by atoms with Gasteiger partial charge in [0.25, 0.3) is 5.91 Å². The Balaban J connectivity index is 1.93. The van der Waals surface area contributed by atoms with Crippen LogP contribution in [0.2, 0.25) is 5.02 Å². The number of hydrogen-bond donors (Lipinski definition) is 0. The van der Waals surface area contributed by atoms with Crippen molar-refractivity contribution >= 4 is 23.1 Å². The number of halogens is 1. The summed E-state index contributed by atoms with van der Waals surface area (Å²) >= 11 is 6.32. The van der Waals surface area contributed by atoms with Gasteiger partial charge in [-0.25, -0.2) is 0 Å². The summed E-state index contributed by atoms with van der Waals surface area (Å²) in [5.41, 5.74) is 4.94. The van der Waals surface area contributed by atoms with Crippen LogP contribution < -0.4 is 0 Å². The van der Waals surface area contributed by atoms with Gasteiger partial charge in [-0.2, -0.15) is 0 Å². The number of aromatic nitrogens is 1. The summed E-state index contributed by atoms with van der Waals surface area (Å²) in [7, 11) is 3.44. The lowest BCUT2D eigenvalue weighted by Crippen LogP contribution is -2.21. The summed E-state index contributed by atoms with van der Waals surface area (Å²) in [6.45, 7) is 0. The zero-order valence-electron chi connectivity index (χ0n) is 14.1. The maximum atomic E-state index is 12.1. The van der Waals surface area contributed by atoms with E-state index < -0.39 is 0 Å². The molecule has 2 aromatic rings. The summed E-state index contributed by atoms with van der Waals surface area (Å²) in [5.74, 6) is -0.0966. The van der Waals surface area contributed by atoms with Gasteiger partial charge >= 0.3 is 0 Å². The fourth-order valence-electron chi connectivity index (χ4n) is 2.98. The van der Waals surface area contributed by atoms with Gasteiger partial charge in [0.2, 0.25) is 0 Å². The van der Waals surface area contributed by atoms with Crippen LogP contribution >= 0.6 is 11.6 Å². The smallest absolute Gasteiger partial charge is 0.254 e. The van der Waals surface area contributed by atoms with Gasteiger partial charge < -0.3 is 4.90 Å². The Kier molecular flexibility index (Phi) is 5.00. The third-order valence-electron chi connectivity index (χ3n) is 4.32. The van der Waals surface area contributed by atoms with Crippen molar-refractivity contribution < 1.29 is 4.79 Å². The lowest BCUT2D eigenvalue weighted by Gasteiger charge is -2.14. The maximum absolute atomic E-state index is 12.1. The summed E-state index contributed by atoms with van der Waals surface area (Å²) in [5, 5.41) is 0.454. The molecule has 0 saturated heterocycles. The molecular weight excluding hydrogens is 320 g/mol. The first-order valence-electron chi connectivity index (χ1n) is 8.23. The van der Waals surface area contributed by atoms with Crippen molar-refractivity contribution in [2.45, 2.75) is 25.7 Å². The summed E-state index contributed by atoms with van der Waals surface area (Å²) in [6, 6.07) is 9.67. The van der Waals surface area contributed by atoms with Gasteiger partial charge in [0.1, 0.15) is 0 Å². The molecule has 0 N–H and O–H groups in total. The molecule has 24 heavy (non-hydrogen) atoms. The molecule has 3 rings (SSSR count). The SMILES string of the molecule is CN(C)C(=O)c1ccc(-c2cc(C3=CCCCC3)ccn2)cc1Cl. The Morgan fingerprint density at radius 1 is 1.12 bits per heavy atom. The number of rotatable bonds is 3. The molecule has 3 nitrogen and oxygen atoms in total. The second-order valence-corrected chi connectivity index (χ2v) is 6.71. The van der Waals surface area contributed by atoms with Gasteiger partial charge in [0, 0.05) is 25.9 Å². The number of carbonyl (C=O) groups excluding carboxylic acids is 1. The monoisotopic (exact) mass is 340 g/mol. The highest BCUT2D eigenvalue weighted by Crippen LogP contribution is 2.30. The minimum atomic E-state index is -0.0966. The molecule has 1 aliphatic carbocycles. The zero-order chi connectivity index (χ0) is 17.1. The van der Waals surface area contributed by atoms with Crippen molar-refractivity contribution in [3.05, 3.63) is 58.8 Å². The van der Waals surface area contributed by atoms with Crippen LogP contribution in [0.5, 0.6) is 0 Å². The molecule has 1 aromatic heterocycles. The predicted molar refractivity (Wildman–Crippen MR) is 99.1 cm³/mol. The number of nitrogens with zero attached hydrogens (tertiary/aromatic N) is 2. The summed E-state index contributed by atoms with van der Waals surface area (Å²) in [4.78, 5) is 18.1. The van der Waals surface area contributed by atoms with Gasteiger partial charge in [0.05, 0.1) is 16.3 Å². The van der Waals surface area contributed by atoms with Gasteiger partial charge in [-0.15, -0.1) is 0 Å². The minimum absolute atomic E-state index is 0.0966. The summed E-state index contributed by atoms with van der Waals surface area (Å²) < 4.78 is 0. The fourth-order valence-corrected chi connectivity index (χ4v) is 3.24. The van der Waals surface area contributed by atoms with E-state index in [9.17, 15) is 4.79 Å². The topological polar surface area (TPSA) is 33.2 Å². The van der Waals surface area contributed by atoms with Crippen molar-refractivity contribution in [1.82, 2.24) is 9.88 Å². The molecule has 0 bridgehead atoms. The molecule has 1 aliphatic rings. The molecule has 1 amide bonds. The average molecular weight is 341 g/mol. The van der Waals surface area contributed by atoms with E-state index in [-0.39, 0.29) is 5.91 Å². The third-order valence-corrected chi connectivity index (χ3v) is 4.64. The highest BCUT2D eigenvalue weighted by molar-refractivity contribution is 6.34. The number of hydrogen-bond acceptors (Lipinski definition) is 2. The Hall–Kier alpha value is -2.13. The van der Waals surface area contributed by atoms with E-state index in [1.54, 1.807) is 20.2 Å². The van der Waals surface area contributed by atoms with Crippen LogP contribution in [0.3, 0.4) is 0 Å².